The largest absolute Gasteiger partial charge is 0.182 e. The highest BCUT2D eigenvalue weighted by Gasteiger charge is 2.54. The fourth-order valence-corrected chi connectivity index (χ4v) is 16.4. The molecule has 0 saturated heterocycles. The molecule has 0 fully saturated rings. The molecule has 0 amide bonds. The van der Waals surface area contributed by atoms with Crippen molar-refractivity contribution in [2.24, 2.45) is 0 Å². The third-order valence-electron chi connectivity index (χ3n) is 10.1. The van der Waals surface area contributed by atoms with E-state index in [0.29, 0.717) is 0 Å². The summed E-state index contributed by atoms with van der Waals surface area (Å²) in [6.07, 6.45) is 0. The average Bonchev–Trinajstić information content (AvgIpc) is 3.78. The van der Waals surface area contributed by atoms with Crippen LogP contribution in [0.1, 0.15) is 32.0 Å². The van der Waals surface area contributed by atoms with Gasteiger partial charge in [0.05, 0.1) is 0 Å². The Morgan fingerprint density at radius 3 is 1.08 bits per heavy atom. The van der Waals surface area contributed by atoms with Gasteiger partial charge < -0.3 is 0 Å². The summed E-state index contributed by atoms with van der Waals surface area (Å²) in [4.78, 5) is 2.74. The fourth-order valence-electron chi connectivity index (χ4n) is 8.24. The molecular weight excluding hydrogens is 645 g/mol. The van der Waals surface area contributed by atoms with Gasteiger partial charge in [0.2, 0.25) is 0 Å². The molecule has 9 rings (SSSR count). The van der Waals surface area contributed by atoms with Crippen LogP contribution in [-0.2, 0) is 0 Å². The lowest BCUT2D eigenvalue weighted by Crippen LogP contribution is -2.59. The lowest BCUT2D eigenvalue weighted by molar-refractivity contribution is 1.57. The molecule has 0 atom stereocenters. The molecule has 0 unspecified atom stereocenters. The smallest absolute Gasteiger partial charge is 0.140 e. The lowest BCUT2D eigenvalue weighted by atomic mass is 9.88. The molecule has 0 aliphatic carbocycles. The van der Waals surface area contributed by atoms with Gasteiger partial charge in [0.15, 0.2) is 8.07 Å². The maximum Gasteiger partial charge on any atom is 0.182 e. The predicted octanol–water partition coefficient (Wildman–Crippen LogP) is 11.6. The maximum atomic E-state index is 2.42. The number of allylic oxidation sites excluding steroid dienone is 2. The maximum absolute atomic E-state index is 3.07. The van der Waals surface area contributed by atoms with Gasteiger partial charge in [-0.25, -0.2) is 0 Å². The fraction of sp³-hybridized carbons (Fsp3) is 0.0435. The topological polar surface area (TPSA) is 0 Å². The van der Waals surface area contributed by atoms with Crippen molar-refractivity contribution in [3.05, 3.63) is 202 Å². The summed E-state index contributed by atoms with van der Waals surface area (Å²) >= 11 is 3.85. The summed E-state index contributed by atoms with van der Waals surface area (Å²) in [5, 5.41) is 8.50. The Hall–Kier alpha value is -5.06. The van der Waals surface area contributed by atoms with E-state index in [-0.39, 0.29) is 0 Å². The van der Waals surface area contributed by atoms with Crippen molar-refractivity contribution in [3.8, 4) is 0 Å². The highest BCUT2D eigenvalue weighted by molar-refractivity contribution is 7.30. The van der Waals surface area contributed by atoms with Gasteiger partial charge in [-0.15, -0.1) is 22.7 Å². The average molecular weight is 679 g/mol. The normalized spacial score (nSPS) is 14.3. The first-order valence-electron chi connectivity index (χ1n) is 16.9. The first-order chi connectivity index (χ1) is 24.2. The van der Waals surface area contributed by atoms with Crippen molar-refractivity contribution in [2.45, 2.75) is 13.8 Å². The molecule has 0 nitrogen and oxygen atoms in total. The molecule has 1 aliphatic heterocycles. The number of hydrogen-bond acceptors (Lipinski definition) is 2. The van der Waals surface area contributed by atoms with E-state index in [1.54, 1.807) is 0 Å². The number of benzene rings is 6. The van der Waals surface area contributed by atoms with Crippen LogP contribution in [0.4, 0.5) is 0 Å². The van der Waals surface area contributed by atoms with E-state index < -0.39 is 8.07 Å². The van der Waals surface area contributed by atoms with Gasteiger partial charge in [0, 0.05) is 19.2 Å². The molecule has 0 spiro atoms. The molecule has 0 saturated carbocycles. The Kier molecular flexibility index (Phi) is 7.43. The van der Waals surface area contributed by atoms with Crippen LogP contribution in [0, 0.1) is 13.8 Å². The van der Waals surface area contributed by atoms with Crippen LogP contribution in [0.3, 0.4) is 0 Å². The molecule has 3 heterocycles. The summed E-state index contributed by atoms with van der Waals surface area (Å²) in [7, 11) is -3.07. The predicted molar refractivity (Wildman–Crippen MR) is 218 cm³/mol. The SMILES string of the molecule is Cc1sc2ccccc2c1C1=C(c2ccccc2)C(c2ccccc2)=C(c2c(C)sc3ccccc23)[Si]1(c1ccccc1)c1ccccc1. The van der Waals surface area contributed by atoms with Crippen LogP contribution in [-0.4, -0.2) is 8.07 Å². The second kappa shape index (κ2) is 12.1. The molecule has 49 heavy (non-hydrogen) atoms. The van der Waals surface area contributed by atoms with E-state index in [9.17, 15) is 0 Å². The molecule has 3 heteroatoms. The minimum absolute atomic E-state index is 1.27. The van der Waals surface area contributed by atoms with Crippen molar-refractivity contribution in [3.63, 3.8) is 0 Å². The third kappa shape index (κ3) is 4.61. The Morgan fingerprint density at radius 1 is 0.367 bits per heavy atom. The van der Waals surface area contributed by atoms with Gasteiger partial charge >= 0.3 is 0 Å². The molecule has 1 aliphatic rings. The summed E-state index contributed by atoms with van der Waals surface area (Å²) in [5.74, 6) is 0. The molecule has 0 N–H and O–H groups in total. The molecule has 0 radical (unpaired) electrons. The van der Waals surface area contributed by atoms with Gasteiger partial charge in [-0.05, 0) is 90.9 Å². The second-order valence-electron chi connectivity index (χ2n) is 12.8. The van der Waals surface area contributed by atoms with Gasteiger partial charge in [0.1, 0.15) is 0 Å². The Labute approximate surface area is 297 Å². The molecule has 8 aromatic rings. The number of fused-ring (bicyclic) bond motifs is 2. The van der Waals surface area contributed by atoms with E-state index in [4.69, 9.17) is 0 Å². The van der Waals surface area contributed by atoms with Crippen molar-refractivity contribution in [1.82, 2.24) is 0 Å². The van der Waals surface area contributed by atoms with Gasteiger partial charge in [-0.1, -0.05) is 158 Å². The van der Waals surface area contributed by atoms with E-state index in [0.717, 1.165) is 0 Å². The number of hydrogen-bond donors (Lipinski definition) is 0. The summed E-state index contributed by atoms with van der Waals surface area (Å²) in [5.41, 5.74) is 8.06. The van der Waals surface area contributed by atoms with Gasteiger partial charge in [0.25, 0.3) is 0 Å². The lowest BCUT2D eigenvalue weighted by Gasteiger charge is -2.36. The van der Waals surface area contributed by atoms with Gasteiger partial charge in [-0.3, -0.25) is 0 Å². The van der Waals surface area contributed by atoms with Crippen LogP contribution in [0.5, 0.6) is 0 Å². The van der Waals surface area contributed by atoms with E-state index >= 15 is 0 Å². The highest BCUT2D eigenvalue weighted by Crippen LogP contribution is 2.59. The monoisotopic (exact) mass is 678 g/mol. The second-order valence-corrected chi connectivity index (χ2v) is 18.9. The molecule has 0 bridgehead atoms. The Balaban J connectivity index is 1.61. The van der Waals surface area contributed by atoms with Crippen molar-refractivity contribution in [2.75, 3.05) is 0 Å². The van der Waals surface area contributed by atoms with E-state index in [1.165, 1.54) is 84.1 Å². The standard InChI is InChI=1S/C46H34S2Si/c1-31-41(37-27-15-17-29-39(37)47-31)45-43(33-19-7-3-8-20-33)44(34-21-9-4-10-22-34)46(42-32(2)48-40-30-18-16-28-38(40)42)49(45,35-23-11-5-12-24-35)36-25-13-6-14-26-36/h3-30H,1-2H3. The summed E-state index contributed by atoms with van der Waals surface area (Å²) in [6.45, 7) is 4.69. The number of rotatable bonds is 6. The zero-order valence-corrected chi connectivity index (χ0v) is 30.1. The van der Waals surface area contributed by atoms with Crippen LogP contribution < -0.4 is 10.4 Å². The quantitative estimate of drug-likeness (QED) is 0.154. The number of aryl methyl sites for hydroxylation is 2. The zero-order chi connectivity index (χ0) is 33.0. The Bertz CT molecular complexity index is 2360. The summed E-state index contributed by atoms with van der Waals surface area (Å²) in [6, 6.07) is 63.6. The first kappa shape index (κ1) is 30.0. The highest BCUT2D eigenvalue weighted by atomic mass is 32.1. The van der Waals surface area contributed by atoms with Gasteiger partial charge in [-0.2, -0.15) is 0 Å². The minimum atomic E-state index is -3.07. The number of thiophene rings is 2. The molecule has 2 aromatic heterocycles. The third-order valence-corrected chi connectivity index (χ3v) is 17.2. The molecular formula is C46H34S2Si. The van der Waals surface area contributed by atoms with Crippen LogP contribution in [0.2, 0.25) is 0 Å². The Morgan fingerprint density at radius 2 is 0.694 bits per heavy atom. The zero-order valence-electron chi connectivity index (χ0n) is 27.5. The van der Waals surface area contributed by atoms with Crippen molar-refractivity contribution < 1.29 is 0 Å². The molecule has 6 aromatic carbocycles. The minimum Gasteiger partial charge on any atom is -0.140 e. The van der Waals surface area contributed by atoms with E-state index in [2.05, 4.69) is 184 Å². The van der Waals surface area contributed by atoms with E-state index in [1.807, 2.05) is 22.7 Å². The first-order valence-corrected chi connectivity index (χ1v) is 20.5. The van der Waals surface area contributed by atoms with Crippen LogP contribution in [0.15, 0.2) is 170 Å². The van der Waals surface area contributed by atoms with Crippen LogP contribution >= 0.6 is 22.7 Å². The van der Waals surface area contributed by atoms with Crippen molar-refractivity contribution in [1.29, 1.82) is 0 Å². The van der Waals surface area contributed by atoms with Crippen molar-refractivity contribution >= 4 is 82.8 Å². The molecule has 234 valence electrons. The van der Waals surface area contributed by atoms with Crippen LogP contribution in [0.25, 0.3) is 41.7 Å². The summed E-state index contributed by atoms with van der Waals surface area (Å²) < 4.78 is 2.68.